The van der Waals surface area contributed by atoms with Crippen molar-refractivity contribution in [2.24, 2.45) is 0 Å². The molecule has 0 radical (unpaired) electrons. The number of aliphatic hydroxyl groups excluding tert-OH is 1. The molecular weight excluding hydrogens is 275 g/mol. The zero-order valence-corrected chi connectivity index (χ0v) is 12.5. The normalized spacial score (nSPS) is 14.2. The summed E-state index contributed by atoms with van der Waals surface area (Å²) in [5, 5.41) is 14.5. The molecule has 1 aromatic carbocycles. The first kappa shape index (κ1) is 15.1. The summed E-state index contributed by atoms with van der Waals surface area (Å²) in [5.41, 5.74) is 0.744. The first-order valence-corrected chi connectivity index (χ1v) is 7.44. The highest BCUT2D eigenvalue weighted by Gasteiger charge is 2.12. The number of hydrogen-bond donors (Lipinski definition) is 2. The molecule has 0 aliphatic carbocycles. The first-order valence-electron chi connectivity index (χ1n) is 6.63. The second kappa shape index (κ2) is 6.92. The number of rotatable bonds is 6. The van der Waals surface area contributed by atoms with Crippen LogP contribution in [0.3, 0.4) is 0 Å². The quantitative estimate of drug-likeness (QED) is 0.860. The Kier molecular flexibility index (Phi) is 5.23. The van der Waals surface area contributed by atoms with Crippen LogP contribution < -0.4 is 5.32 Å². The van der Waals surface area contributed by atoms with E-state index < -0.39 is 6.10 Å². The van der Waals surface area contributed by atoms with Crippen LogP contribution >= 0.6 is 11.3 Å². The maximum absolute atomic E-state index is 12.8. The molecule has 2 unspecified atom stereocenters. The molecule has 0 saturated heterocycles. The molecular formula is C15H19FN2OS. The molecule has 108 valence electrons. The molecule has 0 amide bonds. The zero-order valence-electron chi connectivity index (χ0n) is 11.6. The average molecular weight is 294 g/mol. The number of aliphatic hydroxyl groups is 1. The number of hydrogen-bond acceptors (Lipinski definition) is 4. The molecule has 0 aliphatic rings. The van der Waals surface area contributed by atoms with Crippen molar-refractivity contribution in [2.75, 3.05) is 0 Å². The van der Waals surface area contributed by atoms with Gasteiger partial charge in [0.25, 0.3) is 0 Å². The predicted molar refractivity (Wildman–Crippen MR) is 79.1 cm³/mol. The maximum atomic E-state index is 12.8. The van der Waals surface area contributed by atoms with Crippen LogP contribution in [-0.2, 0) is 6.54 Å². The fraction of sp³-hybridized carbons (Fsp3) is 0.400. The molecule has 2 aromatic rings. The SMILES string of the molecule is Cc1ncc(CNC(C)CC(O)c2ccc(F)cc2)s1. The topological polar surface area (TPSA) is 45.2 Å². The number of nitrogens with one attached hydrogen (secondary N) is 1. The van der Waals surface area contributed by atoms with E-state index in [1.807, 2.05) is 20.0 Å². The Balaban J connectivity index is 1.81. The average Bonchev–Trinajstić information content (AvgIpc) is 2.83. The minimum atomic E-state index is -0.582. The molecule has 2 rings (SSSR count). The van der Waals surface area contributed by atoms with Gasteiger partial charge in [-0.1, -0.05) is 12.1 Å². The molecule has 20 heavy (non-hydrogen) atoms. The molecule has 0 saturated carbocycles. The molecule has 0 spiro atoms. The van der Waals surface area contributed by atoms with Gasteiger partial charge in [-0.2, -0.15) is 0 Å². The lowest BCUT2D eigenvalue weighted by Gasteiger charge is -2.17. The summed E-state index contributed by atoms with van der Waals surface area (Å²) in [5.74, 6) is -0.285. The number of aromatic nitrogens is 1. The van der Waals surface area contributed by atoms with E-state index in [1.165, 1.54) is 17.0 Å². The van der Waals surface area contributed by atoms with E-state index in [9.17, 15) is 9.50 Å². The van der Waals surface area contributed by atoms with Crippen molar-refractivity contribution in [1.29, 1.82) is 0 Å². The monoisotopic (exact) mass is 294 g/mol. The van der Waals surface area contributed by atoms with Gasteiger partial charge in [0.05, 0.1) is 11.1 Å². The van der Waals surface area contributed by atoms with Crippen LogP contribution in [-0.4, -0.2) is 16.1 Å². The van der Waals surface area contributed by atoms with Crippen molar-refractivity contribution in [3.05, 3.63) is 51.7 Å². The summed E-state index contributed by atoms with van der Waals surface area (Å²) in [7, 11) is 0. The first-order chi connectivity index (χ1) is 9.54. The van der Waals surface area contributed by atoms with E-state index >= 15 is 0 Å². The Bertz CT molecular complexity index is 541. The summed E-state index contributed by atoms with van der Waals surface area (Å²) < 4.78 is 12.8. The number of aryl methyl sites for hydroxylation is 1. The maximum Gasteiger partial charge on any atom is 0.123 e. The van der Waals surface area contributed by atoms with Gasteiger partial charge in [-0.25, -0.2) is 9.37 Å². The summed E-state index contributed by atoms with van der Waals surface area (Å²) in [4.78, 5) is 5.39. The Morgan fingerprint density at radius 1 is 1.35 bits per heavy atom. The van der Waals surface area contributed by atoms with Crippen molar-refractivity contribution in [3.63, 3.8) is 0 Å². The van der Waals surface area contributed by atoms with Crippen LogP contribution in [0.5, 0.6) is 0 Å². The second-order valence-corrected chi connectivity index (χ2v) is 6.25. The van der Waals surface area contributed by atoms with Gasteiger partial charge in [0.2, 0.25) is 0 Å². The third-order valence-electron chi connectivity index (χ3n) is 3.13. The van der Waals surface area contributed by atoms with E-state index in [-0.39, 0.29) is 11.9 Å². The van der Waals surface area contributed by atoms with Crippen molar-refractivity contribution >= 4 is 11.3 Å². The largest absolute Gasteiger partial charge is 0.388 e. The van der Waals surface area contributed by atoms with Crippen LogP contribution in [0, 0.1) is 12.7 Å². The van der Waals surface area contributed by atoms with Crippen molar-refractivity contribution in [2.45, 2.75) is 39.0 Å². The van der Waals surface area contributed by atoms with Crippen molar-refractivity contribution < 1.29 is 9.50 Å². The Labute approximate surface area is 122 Å². The molecule has 3 nitrogen and oxygen atoms in total. The third kappa shape index (κ3) is 4.37. The molecule has 1 aromatic heterocycles. The minimum absolute atomic E-state index is 0.164. The van der Waals surface area contributed by atoms with E-state index in [0.29, 0.717) is 6.42 Å². The minimum Gasteiger partial charge on any atom is -0.388 e. The Hall–Kier alpha value is -1.30. The predicted octanol–water partition coefficient (Wildman–Crippen LogP) is 3.19. The molecule has 0 aliphatic heterocycles. The lowest BCUT2D eigenvalue weighted by atomic mass is 10.0. The highest BCUT2D eigenvalue weighted by Crippen LogP contribution is 2.19. The fourth-order valence-electron chi connectivity index (χ4n) is 2.00. The van der Waals surface area contributed by atoms with Gasteiger partial charge < -0.3 is 10.4 Å². The van der Waals surface area contributed by atoms with Gasteiger partial charge in [-0.05, 0) is 38.0 Å². The molecule has 0 bridgehead atoms. The van der Waals surface area contributed by atoms with Gasteiger partial charge in [0.1, 0.15) is 5.82 Å². The van der Waals surface area contributed by atoms with Crippen LogP contribution in [0.25, 0.3) is 0 Å². The highest BCUT2D eigenvalue weighted by atomic mass is 32.1. The van der Waals surface area contributed by atoms with Gasteiger partial charge in [-0.15, -0.1) is 11.3 Å². The van der Waals surface area contributed by atoms with E-state index in [0.717, 1.165) is 17.1 Å². The molecule has 0 fully saturated rings. The number of nitrogens with zero attached hydrogens (tertiary/aromatic N) is 1. The van der Waals surface area contributed by atoms with Crippen LogP contribution in [0.15, 0.2) is 30.5 Å². The van der Waals surface area contributed by atoms with Gasteiger partial charge in [0.15, 0.2) is 0 Å². The molecule has 5 heteroatoms. The lowest BCUT2D eigenvalue weighted by molar-refractivity contribution is 0.154. The number of halogens is 1. The van der Waals surface area contributed by atoms with E-state index in [1.54, 1.807) is 23.5 Å². The summed E-state index contributed by atoms with van der Waals surface area (Å²) >= 11 is 1.67. The van der Waals surface area contributed by atoms with Gasteiger partial charge in [-0.3, -0.25) is 0 Å². The third-order valence-corrected chi connectivity index (χ3v) is 4.04. The summed E-state index contributed by atoms with van der Waals surface area (Å²) in [6.45, 7) is 4.76. The van der Waals surface area contributed by atoms with Crippen molar-refractivity contribution in [3.8, 4) is 0 Å². The van der Waals surface area contributed by atoms with Crippen LogP contribution in [0.1, 0.15) is 34.9 Å². The standard InChI is InChI=1S/C15H19FN2OS/c1-10(17-8-14-9-18-11(2)20-14)7-15(19)12-3-5-13(16)6-4-12/h3-6,9-10,15,17,19H,7-8H2,1-2H3. The molecule has 2 atom stereocenters. The van der Waals surface area contributed by atoms with E-state index in [2.05, 4.69) is 10.3 Å². The van der Waals surface area contributed by atoms with Crippen LogP contribution in [0.4, 0.5) is 4.39 Å². The summed E-state index contributed by atoms with van der Waals surface area (Å²) in [6, 6.07) is 6.16. The van der Waals surface area contributed by atoms with Crippen molar-refractivity contribution in [1.82, 2.24) is 10.3 Å². The lowest BCUT2D eigenvalue weighted by Crippen LogP contribution is -2.27. The second-order valence-electron chi connectivity index (χ2n) is 4.93. The number of thiazole rings is 1. The Morgan fingerprint density at radius 3 is 2.65 bits per heavy atom. The smallest absolute Gasteiger partial charge is 0.123 e. The van der Waals surface area contributed by atoms with Gasteiger partial charge in [0, 0.05) is 23.7 Å². The fourth-order valence-corrected chi connectivity index (χ4v) is 2.75. The number of benzene rings is 1. The molecule has 2 N–H and O–H groups in total. The van der Waals surface area contributed by atoms with Gasteiger partial charge >= 0.3 is 0 Å². The molecule has 1 heterocycles. The van der Waals surface area contributed by atoms with E-state index in [4.69, 9.17) is 0 Å². The Morgan fingerprint density at radius 2 is 2.05 bits per heavy atom. The zero-order chi connectivity index (χ0) is 14.5. The highest BCUT2D eigenvalue weighted by molar-refractivity contribution is 7.11. The summed E-state index contributed by atoms with van der Waals surface area (Å²) in [6.07, 6.45) is 1.88. The van der Waals surface area contributed by atoms with Crippen LogP contribution in [0.2, 0.25) is 0 Å².